The Labute approximate surface area is 188 Å². The highest BCUT2D eigenvalue weighted by atomic mass is 16.5. The summed E-state index contributed by atoms with van der Waals surface area (Å²) in [6.07, 6.45) is 7.49. The number of nitrogens with two attached hydrogens (primary N) is 1. The Morgan fingerprint density at radius 2 is 1.88 bits per heavy atom. The average molecular weight is 427 g/mol. The first-order valence-electron chi connectivity index (χ1n) is 10.6. The molecule has 1 saturated heterocycles. The van der Waals surface area contributed by atoms with Gasteiger partial charge in [-0.15, -0.1) is 0 Å². The van der Waals surface area contributed by atoms with Gasteiger partial charge in [-0.1, -0.05) is 0 Å². The van der Waals surface area contributed by atoms with Crippen LogP contribution in [-0.4, -0.2) is 28.8 Å². The van der Waals surface area contributed by atoms with Gasteiger partial charge in [0.15, 0.2) is 0 Å². The Morgan fingerprint density at radius 3 is 2.56 bits per heavy atom. The summed E-state index contributed by atoms with van der Waals surface area (Å²) < 4.78 is 6.01. The second-order valence-corrected chi connectivity index (χ2v) is 8.07. The van der Waals surface area contributed by atoms with Crippen LogP contribution in [0.25, 0.3) is 0 Å². The summed E-state index contributed by atoms with van der Waals surface area (Å²) in [4.78, 5) is 10.8. The fraction of sp³-hybridized carbons (Fsp3) is 0.280. The number of hydrogen-bond acceptors (Lipinski definition) is 7. The van der Waals surface area contributed by atoms with Crippen LogP contribution in [0.4, 0.5) is 11.5 Å². The van der Waals surface area contributed by atoms with E-state index in [9.17, 15) is 5.26 Å². The average Bonchev–Trinajstić information content (AvgIpc) is 3.33. The van der Waals surface area contributed by atoms with E-state index in [4.69, 9.17) is 15.9 Å². The lowest BCUT2D eigenvalue weighted by Crippen LogP contribution is -2.20. The van der Waals surface area contributed by atoms with E-state index in [0.29, 0.717) is 40.6 Å². The molecule has 3 N–H and O–H groups in total. The number of nitrogens with zero attached hydrogens (tertiary/aromatic N) is 4. The summed E-state index contributed by atoms with van der Waals surface area (Å²) in [5.74, 6) is 1.31. The van der Waals surface area contributed by atoms with Gasteiger partial charge in [0, 0.05) is 48.5 Å². The number of ether oxygens (including phenoxy) is 1. The van der Waals surface area contributed by atoms with Gasteiger partial charge in [-0.3, -0.25) is 10.4 Å². The van der Waals surface area contributed by atoms with E-state index in [1.54, 1.807) is 30.5 Å². The number of hydrogen-bond donors (Lipinski definition) is 2. The van der Waals surface area contributed by atoms with Crippen LogP contribution in [-0.2, 0) is 6.61 Å². The van der Waals surface area contributed by atoms with Crippen LogP contribution in [0.3, 0.4) is 0 Å². The quantitative estimate of drug-likeness (QED) is 0.452. The Morgan fingerprint density at radius 1 is 1.16 bits per heavy atom. The van der Waals surface area contributed by atoms with E-state index in [1.165, 1.54) is 0 Å². The number of nitrogens with one attached hydrogen (secondary N) is 1. The molecule has 7 nitrogen and oxygen atoms in total. The third-order valence-corrected chi connectivity index (χ3v) is 5.85. The van der Waals surface area contributed by atoms with Gasteiger partial charge in [0.1, 0.15) is 24.2 Å². The number of aryl methyl sites for hydroxylation is 2. The summed E-state index contributed by atoms with van der Waals surface area (Å²) in [5.41, 5.74) is 11.7. The Bertz CT molecular complexity index is 1190. The number of pyridine rings is 2. The molecule has 0 spiro atoms. The van der Waals surface area contributed by atoms with Crippen molar-refractivity contribution in [3.8, 4) is 11.8 Å². The van der Waals surface area contributed by atoms with Crippen molar-refractivity contribution in [2.24, 2.45) is 0 Å². The van der Waals surface area contributed by atoms with Crippen molar-refractivity contribution in [1.29, 1.82) is 10.7 Å². The minimum absolute atomic E-state index is 0.209. The lowest BCUT2D eigenvalue weighted by Gasteiger charge is -2.18. The molecule has 32 heavy (non-hydrogen) atoms. The third kappa shape index (κ3) is 4.26. The van der Waals surface area contributed by atoms with E-state index >= 15 is 0 Å². The molecule has 2 aromatic heterocycles. The van der Waals surface area contributed by atoms with Crippen LogP contribution in [0.15, 0.2) is 42.9 Å². The largest absolute Gasteiger partial charge is 0.489 e. The number of nitrogen functional groups attached to an aromatic ring is 1. The zero-order valence-corrected chi connectivity index (χ0v) is 18.4. The standard InChI is InChI=1S/C25H26N6O/c1-16-12-29-13-17(2)22(16)15-32-20-5-6-23(27)21(10-20)24(28)19-9-18(11-26)25(30-14-19)31-7-3-4-8-31/h5-6,9-10,12-14,28H,3-4,7-8,15,27H2,1-2H3. The smallest absolute Gasteiger partial charge is 0.146 e. The van der Waals surface area contributed by atoms with Gasteiger partial charge in [-0.2, -0.15) is 5.26 Å². The second kappa shape index (κ2) is 9.06. The van der Waals surface area contributed by atoms with E-state index in [0.717, 1.165) is 42.6 Å². The molecule has 3 heterocycles. The normalized spacial score (nSPS) is 13.1. The summed E-state index contributed by atoms with van der Waals surface area (Å²) in [6.45, 7) is 6.23. The summed E-state index contributed by atoms with van der Waals surface area (Å²) in [7, 11) is 0. The number of rotatable bonds is 6. The van der Waals surface area contributed by atoms with Crippen LogP contribution in [0, 0.1) is 30.6 Å². The van der Waals surface area contributed by atoms with E-state index < -0.39 is 0 Å². The summed E-state index contributed by atoms with van der Waals surface area (Å²) in [6, 6.07) is 9.26. The second-order valence-electron chi connectivity index (χ2n) is 8.07. The monoisotopic (exact) mass is 426 g/mol. The van der Waals surface area contributed by atoms with Crippen molar-refractivity contribution >= 4 is 17.2 Å². The van der Waals surface area contributed by atoms with E-state index in [1.807, 2.05) is 26.2 Å². The van der Waals surface area contributed by atoms with Gasteiger partial charge in [0.05, 0.1) is 11.3 Å². The highest BCUT2D eigenvalue weighted by Crippen LogP contribution is 2.27. The molecule has 3 aromatic rings. The van der Waals surface area contributed by atoms with Crippen LogP contribution in [0.2, 0.25) is 0 Å². The molecule has 1 aliphatic heterocycles. The van der Waals surface area contributed by atoms with Crippen molar-refractivity contribution in [1.82, 2.24) is 9.97 Å². The predicted molar refractivity (Wildman–Crippen MR) is 125 cm³/mol. The molecule has 0 amide bonds. The molecule has 1 aromatic carbocycles. The summed E-state index contributed by atoms with van der Waals surface area (Å²) >= 11 is 0. The molecule has 0 atom stereocenters. The fourth-order valence-corrected chi connectivity index (χ4v) is 3.97. The van der Waals surface area contributed by atoms with Gasteiger partial charge in [-0.25, -0.2) is 4.98 Å². The van der Waals surface area contributed by atoms with Gasteiger partial charge in [-0.05, 0) is 67.6 Å². The molecule has 0 unspecified atom stereocenters. The zero-order chi connectivity index (χ0) is 22.7. The fourth-order valence-electron chi connectivity index (χ4n) is 3.97. The van der Waals surface area contributed by atoms with Crippen molar-refractivity contribution in [3.63, 3.8) is 0 Å². The Balaban J connectivity index is 1.58. The van der Waals surface area contributed by atoms with Gasteiger partial charge >= 0.3 is 0 Å². The molecule has 162 valence electrons. The van der Waals surface area contributed by atoms with Crippen molar-refractivity contribution in [3.05, 3.63) is 76.2 Å². The van der Waals surface area contributed by atoms with Gasteiger partial charge in [0.2, 0.25) is 0 Å². The molecule has 0 radical (unpaired) electrons. The maximum Gasteiger partial charge on any atom is 0.146 e. The highest BCUT2D eigenvalue weighted by Gasteiger charge is 2.19. The molecule has 1 fully saturated rings. The molecule has 0 bridgehead atoms. The Kier molecular flexibility index (Phi) is 6.04. The molecular formula is C25H26N6O. The summed E-state index contributed by atoms with van der Waals surface area (Å²) in [5, 5.41) is 18.4. The first-order valence-corrected chi connectivity index (χ1v) is 10.6. The zero-order valence-electron chi connectivity index (χ0n) is 18.4. The van der Waals surface area contributed by atoms with E-state index in [2.05, 4.69) is 20.9 Å². The number of anilines is 2. The maximum absolute atomic E-state index is 9.64. The molecule has 0 aliphatic carbocycles. The SMILES string of the molecule is Cc1cncc(C)c1COc1ccc(N)c(C(=N)c2cnc(N3CCCC3)c(C#N)c2)c1. The lowest BCUT2D eigenvalue weighted by atomic mass is 10.0. The lowest BCUT2D eigenvalue weighted by molar-refractivity contribution is 0.304. The molecule has 1 aliphatic rings. The minimum Gasteiger partial charge on any atom is -0.489 e. The predicted octanol–water partition coefficient (Wildman–Crippen LogP) is 4.14. The first kappa shape index (κ1) is 21.3. The van der Waals surface area contributed by atoms with Crippen molar-refractivity contribution in [2.45, 2.75) is 33.3 Å². The van der Waals surface area contributed by atoms with Crippen LogP contribution in [0.1, 0.15) is 46.2 Å². The van der Waals surface area contributed by atoms with Gasteiger partial charge in [0.25, 0.3) is 0 Å². The highest BCUT2D eigenvalue weighted by molar-refractivity contribution is 6.14. The topological polar surface area (TPSA) is 112 Å². The van der Waals surface area contributed by atoms with Crippen LogP contribution < -0.4 is 15.4 Å². The minimum atomic E-state index is 0.209. The van der Waals surface area contributed by atoms with Crippen molar-refractivity contribution in [2.75, 3.05) is 23.7 Å². The Hall–Kier alpha value is -3.92. The van der Waals surface area contributed by atoms with Gasteiger partial charge < -0.3 is 15.4 Å². The number of benzene rings is 1. The third-order valence-electron chi connectivity index (χ3n) is 5.85. The molecular weight excluding hydrogens is 400 g/mol. The first-order chi connectivity index (χ1) is 15.5. The molecule has 4 rings (SSSR count). The molecule has 7 heteroatoms. The molecule has 0 saturated carbocycles. The number of nitriles is 1. The maximum atomic E-state index is 9.64. The van der Waals surface area contributed by atoms with E-state index in [-0.39, 0.29) is 5.71 Å². The van der Waals surface area contributed by atoms with Crippen molar-refractivity contribution < 1.29 is 4.74 Å². The number of aromatic nitrogens is 2. The van der Waals surface area contributed by atoms with Crippen LogP contribution in [0.5, 0.6) is 5.75 Å². The van der Waals surface area contributed by atoms with Crippen LogP contribution >= 0.6 is 0 Å².